The van der Waals surface area contributed by atoms with E-state index in [-0.39, 0.29) is 42.2 Å². The van der Waals surface area contributed by atoms with Crippen molar-refractivity contribution in [2.24, 2.45) is 0 Å². The van der Waals surface area contributed by atoms with Crippen molar-refractivity contribution in [3.8, 4) is 5.75 Å². The van der Waals surface area contributed by atoms with Gasteiger partial charge in [0, 0.05) is 16.1 Å². The van der Waals surface area contributed by atoms with Crippen LogP contribution in [0.25, 0.3) is 0 Å². The molecule has 0 unspecified atom stereocenters. The molecule has 5 rings (SSSR count). The molecule has 0 radical (unpaired) electrons. The lowest BCUT2D eigenvalue weighted by Gasteiger charge is -2.70. The van der Waals surface area contributed by atoms with Crippen molar-refractivity contribution in [1.82, 2.24) is 10.6 Å². The summed E-state index contributed by atoms with van der Waals surface area (Å²) in [4.78, 5) is 24.1. The van der Waals surface area contributed by atoms with Crippen LogP contribution in [-0.4, -0.2) is 42.2 Å². The largest absolute Gasteiger partial charge is 0.484 e. The van der Waals surface area contributed by atoms with Gasteiger partial charge in [-0.1, -0.05) is 11.6 Å². The van der Waals surface area contributed by atoms with E-state index in [1.807, 2.05) is 0 Å². The van der Waals surface area contributed by atoms with Gasteiger partial charge in [-0.05, 0) is 62.8 Å². The predicted molar refractivity (Wildman–Crippen MR) is 96.1 cm³/mol. The molecule has 140 valence electrons. The van der Waals surface area contributed by atoms with Crippen LogP contribution in [0.1, 0.15) is 38.5 Å². The topological polar surface area (TPSA) is 76.7 Å². The summed E-state index contributed by atoms with van der Waals surface area (Å²) < 4.78 is 11.0. The Bertz CT molecular complexity index is 682. The molecule has 0 aromatic heterocycles. The molecule has 4 saturated carbocycles. The summed E-state index contributed by atoms with van der Waals surface area (Å²) in [5.41, 5.74) is -0.326. The standard InChI is InChI=1S/C19H23ClN2O4/c20-13-4-6-15(7-5-13)26-9-17(24)22-19-10-18(11-19,12-19)21-16(23)8-25-14-2-1-3-14/h4-7,14H,1-3,8-12H2,(H,21,23)(H,22,24). The minimum atomic E-state index is -0.178. The summed E-state index contributed by atoms with van der Waals surface area (Å²) >= 11 is 5.82. The zero-order chi connectivity index (χ0) is 18.2. The maximum Gasteiger partial charge on any atom is 0.258 e. The third-order valence-electron chi connectivity index (χ3n) is 5.53. The zero-order valence-corrected chi connectivity index (χ0v) is 15.3. The molecule has 4 fully saturated rings. The lowest BCUT2D eigenvalue weighted by molar-refractivity contribution is -0.154. The van der Waals surface area contributed by atoms with Gasteiger partial charge < -0.3 is 20.1 Å². The van der Waals surface area contributed by atoms with E-state index in [0.717, 1.165) is 32.1 Å². The highest BCUT2D eigenvalue weighted by Crippen LogP contribution is 2.60. The number of nitrogens with one attached hydrogen (secondary N) is 2. The molecule has 0 saturated heterocycles. The number of halogens is 1. The van der Waals surface area contributed by atoms with Gasteiger partial charge in [0.1, 0.15) is 12.4 Å². The summed E-state index contributed by atoms with van der Waals surface area (Å²) in [6, 6.07) is 6.90. The maximum absolute atomic E-state index is 12.1. The van der Waals surface area contributed by atoms with E-state index >= 15 is 0 Å². The molecule has 2 N–H and O–H groups in total. The number of hydrogen-bond acceptors (Lipinski definition) is 4. The van der Waals surface area contributed by atoms with E-state index in [0.29, 0.717) is 10.8 Å². The van der Waals surface area contributed by atoms with Gasteiger partial charge >= 0.3 is 0 Å². The molecule has 2 amide bonds. The van der Waals surface area contributed by atoms with Gasteiger partial charge in [0.2, 0.25) is 5.91 Å². The Kier molecular flexibility index (Phi) is 4.57. The average Bonchev–Trinajstić information content (AvgIpc) is 2.49. The number of ether oxygens (including phenoxy) is 2. The quantitative estimate of drug-likeness (QED) is 0.727. The van der Waals surface area contributed by atoms with Crippen molar-refractivity contribution in [2.45, 2.75) is 55.7 Å². The van der Waals surface area contributed by atoms with Crippen LogP contribution < -0.4 is 15.4 Å². The molecular weight excluding hydrogens is 356 g/mol. The summed E-state index contributed by atoms with van der Waals surface area (Å²) in [7, 11) is 0. The van der Waals surface area contributed by atoms with E-state index in [9.17, 15) is 9.59 Å². The minimum absolute atomic E-state index is 0.0298. The van der Waals surface area contributed by atoms with Crippen LogP contribution in [-0.2, 0) is 14.3 Å². The van der Waals surface area contributed by atoms with Crippen LogP contribution in [0.5, 0.6) is 5.75 Å². The first-order chi connectivity index (χ1) is 12.5. The first kappa shape index (κ1) is 17.6. The van der Waals surface area contributed by atoms with E-state index < -0.39 is 0 Å². The van der Waals surface area contributed by atoms with Gasteiger partial charge in [-0.25, -0.2) is 0 Å². The van der Waals surface area contributed by atoms with Crippen LogP contribution in [0.3, 0.4) is 0 Å². The Morgan fingerprint density at radius 1 is 1.00 bits per heavy atom. The molecule has 0 atom stereocenters. The van der Waals surface area contributed by atoms with Crippen molar-refractivity contribution in [2.75, 3.05) is 13.2 Å². The fraction of sp³-hybridized carbons (Fsp3) is 0.579. The van der Waals surface area contributed by atoms with Crippen molar-refractivity contribution in [1.29, 1.82) is 0 Å². The van der Waals surface area contributed by atoms with Crippen LogP contribution in [0.15, 0.2) is 24.3 Å². The highest BCUT2D eigenvalue weighted by atomic mass is 35.5. The highest BCUT2D eigenvalue weighted by molar-refractivity contribution is 6.30. The minimum Gasteiger partial charge on any atom is -0.484 e. The molecular formula is C19H23ClN2O4. The smallest absolute Gasteiger partial charge is 0.258 e. The molecule has 2 bridgehead atoms. The normalized spacial score (nSPS) is 29.0. The Labute approximate surface area is 157 Å². The zero-order valence-electron chi connectivity index (χ0n) is 14.6. The molecule has 7 heteroatoms. The molecule has 4 aliphatic rings. The number of amides is 2. The number of hydrogen-bond donors (Lipinski definition) is 2. The number of carbonyl (C=O) groups excluding carboxylic acids is 2. The van der Waals surface area contributed by atoms with Crippen LogP contribution in [0.2, 0.25) is 5.02 Å². The first-order valence-electron chi connectivity index (χ1n) is 9.08. The van der Waals surface area contributed by atoms with Crippen molar-refractivity contribution < 1.29 is 19.1 Å². The summed E-state index contributed by atoms with van der Waals surface area (Å²) in [5, 5.41) is 6.72. The van der Waals surface area contributed by atoms with E-state index in [1.54, 1.807) is 24.3 Å². The van der Waals surface area contributed by atoms with Gasteiger partial charge in [-0.15, -0.1) is 0 Å². The Balaban J connectivity index is 1.15. The van der Waals surface area contributed by atoms with Gasteiger partial charge in [0.05, 0.1) is 6.10 Å². The SMILES string of the molecule is O=C(COc1ccc(Cl)cc1)NC12CC(NC(=O)COC3CCC3)(C1)C2. The van der Waals surface area contributed by atoms with E-state index in [1.165, 1.54) is 6.42 Å². The maximum atomic E-state index is 12.1. The fourth-order valence-electron chi connectivity index (χ4n) is 4.13. The van der Waals surface area contributed by atoms with Gasteiger partial charge in [-0.2, -0.15) is 0 Å². The molecule has 0 aliphatic heterocycles. The van der Waals surface area contributed by atoms with Gasteiger partial charge in [-0.3, -0.25) is 9.59 Å². The second kappa shape index (κ2) is 6.74. The number of rotatable bonds is 8. The Hall–Kier alpha value is -1.79. The number of carbonyl (C=O) groups is 2. The average molecular weight is 379 g/mol. The summed E-state index contributed by atoms with van der Waals surface area (Å²) in [6.45, 7) is 0.110. The summed E-state index contributed by atoms with van der Waals surface area (Å²) in [5.74, 6) is 0.410. The molecule has 26 heavy (non-hydrogen) atoms. The van der Waals surface area contributed by atoms with Crippen LogP contribution in [0, 0.1) is 0 Å². The van der Waals surface area contributed by atoms with Crippen molar-refractivity contribution in [3.63, 3.8) is 0 Å². The molecule has 4 aliphatic carbocycles. The molecule has 1 aromatic rings. The predicted octanol–water partition coefficient (Wildman–Crippen LogP) is 2.20. The summed E-state index contributed by atoms with van der Waals surface area (Å²) in [6.07, 6.45) is 5.92. The lowest BCUT2D eigenvalue weighted by Crippen LogP contribution is -2.84. The second-order valence-electron chi connectivity index (χ2n) is 7.79. The van der Waals surface area contributed by atoms with Gasteiger partial charge in [0.15, 0.2) is 6.61 Å². The van der Waals surface area contributed by atoms with E-state index in [4.69, 9.17) is 21.1 Å². The van der Waals surface area contributed by atoms with Crippen LogP contribution >= 0.6 is 11.6 Å². The third kappa shape index (κ3) is 3.67. The Morgan fingerprint density at radius 2 is 1.58 bits per heavy atom. The lowest BCUT2D eigenvalue weighted by atomic mass is 9.44. The molecule has 0 spiro atoms. The fourth-order valence-corrected chi connectivity index (χ4v) is 4.25. The second-order valence-corrected chi connectivity index (χ2v) is 8.23. The first-order valence-corrected chi connectivity index (χ1v) is 9.46. The monoisotopic (exact) mass is 378 g/mol. The Morgan fingerprint density at radius 3 is 2.12 bits per heavy atom. The van der Waals surface area contributed by atoms with Crippen molar-refractivity contribution >= 4 is 23.4 Å². The van der Waals surface area contributed by atoms with Gasteiger partial charge in [0.25, 0.3) is 5.91 Å². The molecule has 6 nitrogen and oxygen atoms in total. The van der Waals surface area contributed by atoms with E-state index in [2.05, 4.69) is 10.6 Å². The number of benzene rings is 1. The molecule has 1 aromatic carbocycles. The van der Waals surface area contributed by atoms with Crippen LogP contribution in [0.4, 0.5) is 0 Å². The third-order valence-corrected chi connectivity index (χ3v) is 5.78. The molecule has 0 heterocycles. The highest BCUT2D eigenvalue weighted by Gasteiger charge is 2.69. The van der Waals surface area contributed by atoms with Crippen molar-refractivity contribution in [3.05, 3.63) is 29.3 Å².